The maximum Gasteiger partial charge on any atom is 0.0703 e. The molecule has 0 atom stereocenters. The minimum Gasteiger partial charge on any atom is -0.265 e. The van der Waals surface area contributed by atoms with Gasteiger partial charge in [-0.05, 0) is 25.1 Å². The van der Waals surface area contributed by atoms with Gasteiger partial charge < -0.3 is 0 Å². The van der Waals surface area contributed by atoms with Gasteiger partial charge in [-0.15, -0.1) is 0 Å². The molecule has 0 saturated heterocycles. The van der Waals surface area contributed by atoms with Gasteiger partial charge in [0.1, 0.15) is 0 Å². The van der Waals surface area contributed by atoms with Crippen molar-refractivity contribution >= 4 is 22.5 Å². The number of fused-ring (bicyclic) bond motifs is 1. The smallest absolute Gasteiger partial charge is 0.0703 e. The van der Waals surface area contributed by atoms with Crippen LogP contribution in [0.3, 0.4) is 0 Å². The maximum absolute atomic E-state index is 5.94. The van der Waals surface area contributed by atoms with E-state index in [1.165, 1.54) is 0 Å². The summed E-state index contributed by atoms with van der Waals surface area (Å²) in [4.78, 5) is 0. The standard InChI is InChI=1S/C9H8ClN2/c1-2-12-9-5-3-4-8(10)7(9)6-11-12/h4-6H,2H2,1H3. The largest absolute Gasteiger partial charge is 0.265 e. The highest BCUT2D eigenvalue weighted by Gasteiger charge is 2.02. The van der Waals surface area contributed by atoms with Crippen molar-refractivity contribution in [3.05, 3.63) is 29.4 Å². The topological polar surface area (TPSA) is 17.8 Å². The summed E-state index contributed by atoms with van der Waals surface area (Å²) in [5, 5.41) is 5.90. The first-order valence-electron chi connectivity index (χ1n) is 3.84. The molecule has 0 aliphatic heterocycles. The fraction of sp³-hybridized carbons (Fsp3) is 0.222. The molecule has 0 unspecified atom stereocenters. The highest BCUT2D eigenvalue weighted by molar-refractivity contribution is 6.35. The molecule has 0 N–H and O–H groups in total. The third kappa shape index (κ3) is 0.994. The summed E-state index contributed by atoms with van der Waals surface area (Å²) in [6.07, 6.45) is 1.79. The quantitative estimate of drug-likeness (QED) is 0.658. The SMILES string of the molecule is CCn1ncc2c(Cl)c[c]cc21. The van der Waals surface area contributed by atoms with Gasteiger partial charge in [-0.3, -0.25) is 4.68 Å². The summed E-state index contributed by atoms with van der Waals surface area (Å²) in [5.41, 5.74) is 1.05. The fourth-order valence-corrected chi connectivity index (χ4v) is 1.46. The van der Waals surface area contributed by atoms with Crippen molar-refractivity contribution in [3.8, 4) is 0 Å². The van der Waals surface area contributed by atoms with Crippen LogP contribution < -0.4 is 0 Å². The molecular formula is C9H8ClN2. The molecule has 1 radical (unpaired) electrons. The number of hydrogen-bond acceptors (Lipinski definition) is 1. The van der Waals surface area contributed by atoms with Gasteiger partial charge in [-0.25, -0.2) is 0 Å². The molecule has 0 bridgehead atoms. The van der Waals surface area contributed by atoms with Crippen LogP contribution >= 0.6 is 11.6 Å². The predicted molar refractivity (Wildman–Crippen MR) is 49.3 cm³/mol. The third-order valence-electron chi connectivity index (χ3n) is 1.87. The van der Waals surface area contributed by atoms with Crippen molar-refractivity contribution < 1.29 is 0 Å². The number of nitrogens with zero attached hydrogens (tertiary/aromatic N) is 2. The Bertz CT molecular complexity index is 406. The summed E-state index contributed by atoms with van der Waals surface area (Å²) < 4.78 is 1.90. The summed E-state index contributed by atoms with van der Waals surface area (Å²) in [5.74, 6) is 0. The lowest BCUT2D eigenvalue weighted by Crippen LogP contribution is -1.94. The molecule has 0 aliphatic carbocycles. The Morgan fingerprint density at radius 2 is 2.42 bits per heavy atom. The van der Waals surface area contributed by atoms with Crippen molar-refractivity contribution in [3.63, 3.8) is 0 Å². The van der Waals surface area contributed by atoms with Crippen LogP contribution in [0.25, 0.3) is 10.9 Å². The summed E-state index contributed by atoms with van der Waals surface area (Å²) in [6.45, 7) is 2.91. The van der Waals surface area contributed by atoms with Crippen LogP contribution in [0.1, 0.15) is 6.92 Å². The first kappa shape index (κ1) is 7.62. The molecule has 0 spiro atoms. The number of aromatic nitrogens is 2. The molecule has 0 fully saturated rings. The summed E-state index contributed by atoms with van der Waals surface area (Å²) in [6, 6.07) is 6.63. The minimum atomic E-state index is 0.715. The molecule has 2 aromatic rings. The van der Waals surface area contributed by atoms with Crippen LogP contribution in [0.5, 0.6) is 0 Å². The van der Waals surface area contributed by atoms with E-state index in [2.05, 4.69) is 11.2 Å². The average molecular weight is 180 g/mol. The van der Waals surface area contributed by atoms with E-state index in [0.29, 0.717) is 5.02 Å². The Hall–Kier alpha value is -1.02. The van der Waals surface area contributed by atoms with E-state index in [0.717, 1.165) is 17.4 Å². The molecule has 0 amide bonds. The van der Waals surface area contributed by atoms with Gasteiger partial charge in [0, 0.05) is 11.9 Å². The van der Waals surface area contributed by atoms with Gasteiger partial charge in [0.2, 0.25) is 0 Å². The number of aryl methyl sites for hydroxylation is 1. The molecule has 2 rings (SSSR count). The number of benzene rings is 1. The monoisotopic (exact) mass is 179 g/mol. The second-order valence-electron chi connectivity index (χ2n) is 2.56. The highest BCUT2D eigenvalue weighted by Crippen LogP contribution is 2.21. The lowest BCUT2D eigenvalue weighted by atomic mass is 10.2. The number of halogens is 1. The molecule has 12 heavy (non-hydrogen) atoms. The Morgan fingerprint density at radius 3 is 3.17 bits per heavy atom. The zero-order valence-corrected chi connectivity index (χ0v) is 7.47. The van der Waals surface area contributed by atoms with Crippen LogP contribution in [0.15, 0.2) is 18.3 Å². The zero-order valence-electron chi connectivity index (χ0n) is 6.71. The normalized spacial score (nSPS) is 10.8. The van der Waals surface area contributed by atoms with Crippen LogP contribution in [0, 0.1) is 6.07 Å². The second kappa shape index (κ2) is 2.79. The van der Waals surface area contributed by atoms with Crippen LogP contribution in [0.4, 0.5) is 0 Å². The molecule has 3 heteroatoms. The van der Waals surface area contributed by atoms with Crippen molar-refractivity contribution in [1.82, 2.24) is 9.78 Å². The number of hydrogen-bond donors (Lipinski definition) is 0. The molecule has 1 heterocycles. The first-order valence-corrected chi connectivity index (χ1v) is 4.22. The summed E-state index contributed by atoms with van der Waals surface area (Å²) >= 11 is 5.94. The van der Waals surface area contributed by atoms with Crippen molar-refractivity contribution in [2.45, 2.75) is 13.5 Å². The van der Waals surface area contributed by atoms with Crippen molar-refractivity contribution in [2.75, 3.05) is 0 Å². The van der Waals surface area contributed by atoms with Gasteiger partial charge >= 0.3 is 0 Å². The Balaban J connectivity index is 2.80. The first-order chi connectivity index (χ1) is 5.83. The van der Waals surface area contributed by atoms with E-state index in [-0.39, 0.29) is 0 Å². The average Bonchev–Trinajstić information content (AvgIpc) is 2.49. The van der Waals surface area contributed by atoms with Crippen LogP contribution in [-0.4, -0.2) is 9.78 Å². The van der Waals surface area contributed by atoms with E-state index in [9.17, 15) is 0 Å². The fourth-order valence-electron chi connectivity index (χ4n) is 1.25. The molecular weight excluding hydrogens is 172 g/mol. The van der Waals surface area contributed by atoms with E-state index in [4.69, 9.17) is 11.6 Å². The Kier molecular flexibility index (Phi) is 1.77. The molecule has 0 saturated carbocycles. The molecule has 61 valence electrons. The third-order valence-corrected chi connectivity index (χ3v) is 2.18. The summed E-state index contributed by atoms with van der Waals surface area (Å²) in [7, 11) is 0. The van der Waals surface area contributed by atoms with E-state index in [1.807, 2.05) is 17.7 Å². The van der Waals surface area contributed by atoms with Crippen LogP contribution in [-0.2, 0) is 6.54 Å². The van der Waals surface area contributed by atoms with Gasteiger partial charge in [-0.1, -0.05) is 11.6 Å². The van der Waals surface area contributed by atoms with Crippen molar-refractivity contribution in [1.29, 1.82) is 0 Å². The van der Waals surface area contributed by atoms with Gasteiger partial charge in [0.15, 0.2) is 0 Å². The molecule has 0 aliphatic rings. The van der Waals surface area contributed by atoms with Gasteiger partial charge in [-0.2, -0.15) is 5.10 Å². The Morgan fingerprint density at radius 1 is 1.58 bits per heavy atom. The Labute approximate surface area is 75.8 Å². The van der Waals surface area contributed by atoms with Crippen LogP contribution in [0.2, 0.25) is 5.02 Å². The van der Waals surface area contributed by atoms with E-state index >= 15 is 0 Å². The van der Waals surface area contributed by atoms with E-state index in [1.54, 1.807) is 12.3 Å². The zero-order chi connectivity index (χ0) is 8.55. The molecule has 2 nitrogen and oxygen atoms in total. The molecule has 1 aromatic heterocycles. The lowest BCUT2D eigenvalue weighted by Gasteiger charge is -1.97. The molecule has 1 aromatic carbocycles. The van der Waals surface area contributed by atoms with Crippen molar-refractivity contribution in [2.24, 2.45) is 0 Å². The second-order valence-corrected chi connectivity index (χ2v) is 2.97. The van der Waals surface area contributed by atoms with Gasteiger partial charge in [0.05, 0.1) is 16.7 Å². The lowest BCUT2D eigenvalue weighted by molar-refractivity contribution is 0.684. The maximum atomic E-state index is 5.94. The van der Waals surface area contributed by atoms with E-state index < -0.39 is 0 Å². The number of rotatable bonds is 1. The highest BCUT2D eigenvalue weighted by atomic mass is 35.5. The minimum absolute atomic E-state index is 0.715. The predicted octanol–water partition coefficient (Wildman–Crippen LogP) is 2.51. The van der Waals surface area contributed by atoms with Gasteiger partial charge in [0.25, 0.3) is 0 Å².